The topological polar surface area (TPSA) is 78.2 Å². The zero-order chi connectivity index (χ0) is 15.4. The Morgan fingerprint density at radius 3 is 2.71 bits per heavy atom. The lowest BCUT2D eigenvalue weighted by Gasteiger charge is -2.06. The van der Waals surface area contributed by atoms with Crippen LogP contribution >= 0.6 is 0 Å². The van der Waals surface area contributed by atoms with Gasteiger partial charge in [-0.05, 0) is 42.0 Å². The van der Waals surface area contributed by atoms with Gasteiger partial charge in [0.15, 0.2) is 0 Å². The molecule has 0 spiro atoms. The highest BCUT2D eigenvalue weighted by molar-refractivity contribution is 7.84. The fourth-order valence-electron chi connectivity index (χ4n) is 1.79. The van der Waals surface area contributed by atoms with E-state index in [1.54, 1.807) is 0 Å². The molecule has 0 amide bonds. The zero-order valence-corrected chi connectivity index (χ0v) is 11.6. The van der Waals surface area contributed by atoms with Crippen molar-refractivity contribution in [2.45, 2.75) is 10.6 Å². The molecule has 0 aromatic heterocycles. The lowest BCUT2D eigenvalue weighted by Crippen LogP contribution is -2.02. The third kappa shape index (κ3) is 3.52. The summed E-state index contributed by atoms with van der Waals surface area (Å²) in [4.78, 5) is 11.2. The maximum absolute atomic E-state index is 13.2. The van der Waals surface area contributed by atoms with Crippen LogP contribution in [0.25, 0.3) is 0 Å². The Kier molecular flexibility index (Phi) is 4.45. The Balaban J connectivity index is 2.30. The van der Waals surface area contributed by atoms with Gasteiger partial charge in [-0.3, -0.25) is 4.21 Å². The average molecular weight is 303 g/mol. The van der Waals surface area contributed by atoms with Gasteiger partial charge >= 0.3 is 5.97 Å². The van der Waals surface area contributed by atoms with E-state index < -0.39 is 22.6 Å². The molecule has 2 aromatic rings. The molecule has 2 rings (SSSR count). The maximum Gasteiger partial charge on any atom is 0.335 e. The van der Waals surface area contributed by atoms with E-state index in [-0.39, 0.29) is 16.9 Å². The molecule has 6 heteroatoms. The largest absolute Gasteiger partial charge is 0.478 e. The first-order valence-corrected chi connectivity index (χ1v) is 7.23. The van der Waals surface area contributed by atoms with Gasteiger partial charge in [-0.15, -0.1) is 0 Å². The predicted molar refractivity (Wildman–Crippen MR) is 74.6 cm³/mol. The second kappa shape index (κ2) is 6.29. The van der Waals surface area contributed by atoms with Crippen molar-refractivity contribution >= 4 is 16.8 Å². The SMILES string of the molecule is N#Cc1ccc(F)cc1CS(=O)c1cccc(C(=O)O)c1. The van der Waals surface area contributed by atoms with Gasteiger partial charge in [-0.1, -0.05) is 6.07 Å². The van der Waals surface area contributed by atoms with Crippen LogP contribution in [0.2, 0.25) is 0 Å². The first-order valence-electron chi connectivity index (χ1n) is 5.91. The van der Waals surface area contributed by atoms with Crippen LogP contribution < -0.4 is 0 Å². The van der Waals surface area contributed by atoms with E-state index in [1.165, 1.54) is 30.3 Å². The van der Waals surface area contributed by atoms with Crippen molar-refractivity contribution in [1.82, 2.24) is 0 Å². The van der Waals surface area contributed by atoms with E-state index in [0.29, 0.717) is 10.5 Å². The van der Waals surface area contributed by atoms with E-state index in [2.05, 4.69) is 0 Å². The van der Waals surface area contributed by atoms with Gasteiger partial charge in [0.2, 0.25) is 0 Å². The number of rotatable bonds is 4. The van der Waals surface area contributed by atoms with Crippen molar-refractivity contribution in [3.8, 4) is 6.07 Å². The fraction of sp³-hybridized carbons (Fsp3) is 0.0667. The van der Waals surface area contributed by atoms with Gasteiger partial charge in [-0.25, -0.2) is 9.18 Å². The van der Waals surface area contributed by atoms with Crippen LogP contribution in [0.3, 0.4) is 0 Å². The van der Waals surface area contributed by atoms with Crippen LogP contribution in [0.4, 0.5) is 4.39 Å². The van der Waals surface area contributed by atoms with Crippen molar-refractivity contribution in [3.05, 3.63) is 65.0 Å². The van der Waals surface area contributed by atoms with Gasteiger partial charge in [0, 0.05) is 4.90 Å². The molecule has 0 saturated heterocycles. The molecule has 0 saturated carbocycles. The Labute approximate surface area is 122 Å². The number of benzene rings is 2. The molecule has 0 aliphatic carbocycles. The molecule has 0 radical (unpaired) electrons. The molecule has 2 aromatic carbocycles. The molecule has 4 nitrogen and oxygen atoms in total. The molecule has 106 valence electrons. The number of carbonyl (C=O) groups is 1. The lowest BCUT2D eigenvalue weighted by atomic mass is 10.1. The van der Waals surface area contributed by atoms with E-state index in [4.69, 9.17) is 10.4 Å². The minimum atomic E-state index is -1.56. The summed E-state index contributed by atoms with van der Waals surface area (Å²) in [5, 5.41) is 17.9. The van der Waals surface area contributed by atoms with Gasteiger partial charge < -0.3 is 5.11 Å². The zero-order valence-electron chi connectivity index (χ0n) is 10.7. The van der Waals surface area contributed by atoms with Crippen LogP contribution in [-0.4, -0.2) is 15.3 Å². The summed E-state index contributed by atoms with van der Waals surface area (Å²) in [6, 6.07) is 11.3. The monoisotopic (exact) mass is 303 g/mol. The van der Waals surface area contributed by atoms with Gasteiger partial charge in [0.25, 0.3) is 0 Å². The molecule has 1 N–H and O–H groups in total. The smallest absolute Gasteiger partial charge is 0.335 e. The second-order valence-electron chi connectivity index (χ2n) is 4.24. The minimum Gasteiger partial charge on any atom is -0.478 e. The summed E-state index contributed by atoms with van der Waals surface area (Å²) < 4.78 is 25.5. The van der Waals surface area contributed by atoms with Crippen LogP contribution in [0.1, 0.15) is 21.5 Å². The van der Waals surface area contributed by atoms with Crippen LogP contribution in [0, 0.1) is 17.1 Å². The normalized spacial score (nSPS) is 11.6. The number of carboxylic acids is 1. The number of hydrogen-bond donors (Lipinski definition) is 1. The molecule has 0 aliphatic heterocycles. The molecular weight excluding hydrogens is 293 g/mol. The van der Waals surface area contributed by atoms with E-state index in [9.17, 15) is 13.4 Å². The number of nitriles is 1. The molecule has 0 bridgehead atoms. The standard InChI is InChI=1S/C15H10FNO3S/c16-13-5-4-11(8-17)12(6-13)9-21(20)14-3-1-2-10(7-14)15(18)19/h1-7H,9H2,(H,18,19). The quantitative estimate of drug-likeness (QED) is 0.942. The third-order valence-corrected chi connectivity index (χ3v) is 4.17. The lowest BCUT2D eigenvalue weighted by molar-refractivity contribution is 0.0696. The molecule has 0 aliphatic rings. The van der Waals surface area contributed by atoms with Gasteiger partial charge in [0.05, 0.1) is 33.7 Å². The number of hydrogen-bond acceptors (Lipinski definition) is 3. The average Bonchev–Trinajstić information content (AvgIpc) is 2.47. The molecule has 21 heavy (non-hydrogen) atoms. The van der Waals surface area contributed by atoms with Crippen LogP contribution in [0.5, 0.6) is 0 Å². The molecule has 0 fully saturated rings. The molecular formula is C15H10FNO3S. The number of aromatic carboxylic acids is 1. The van der Waals surface area contributed by atoms with Crippen molar-refractivity contribution in [3.63, 3.8) is 0 Å². The summed E-state index contributed by atoms with van der Waals surface area (Å²) in [6.07, 6.45) is 0. The van der Waals surface area contributed by atoms with Gasteiger partial charge in [-0.2, -0.15) is 5.26 Å². The summed E-state index contributed by atoms with van der Waals surface area (Å²) in [5.41, 5.74) is 0.608. The maximum atomic E-state index is 13.2. The number of nitrogens with zero attached hydrogens (tertiary/aromatic N) is 1. The Bertz CT molecular complexity index is 768. The van der Waals surface area contributed by atoms with E-state index in [1.807, 2.05) is 6.07 Å². The van der Waals surface area contributed by atoms with Crippen molar-refractivity contribution in [2.75, 3.05) is 0 Å². The van der Waals surface area contributed by atoms with Crippen molar-refractivity contribution in [1.29, 1.82) is 5.26 Å². The highest BCUT2D eigenvalue weighted by Gasteiger charge is 2.12. The number of halogens is 1. The summed E-state index contributed by atoms with van der Waals surface area (Å²) in [5.74, 6) is -1.68. The summed E-state index contributed by atoms with van der Waals surface area (Å²) in [7, 11) is -1.56. The summed E-state index contributed by atoms with van der Waals surface area (Å²) in [6.45, 7) is 0. The predicted octanol–water partition coefficient (Wildman–Crippen LogP) is 2.70. The summed E-state index contributed by atoms with van der Waals surface area (Å²) >= 11 is 0. The first kappa shape index (κ1) is 14.9. The first-order chi connectivity index (χ1) is 10.0. The second-order valence-corrected chi connectivity index (χ2v) is 5.69. The van der Waals surface area contributed by atoms with Crippen LogP contribution in [-0.2, 0) is 16.6 Å². The Morgan fingerprint density at radius 1 is 1.29 bits per heavy atom. The highest BCUT2D eigenvalue weighted by Crippen LogP contribution is 2.18. The Morgan fingerprint density at radius 2 is 2.05 bits per heavy atom. The third-order valence-electron chi connectivity index (χ3n) is 2.82. The van der Waals surface area contributed by atoms with Crippen molar-refractivity contribution < 1.29 is 18.5 Å². The van der Waals surface area contributed by atoms with E-state index >= 15 is 0 Å². The minimum absolute atomic E-state index is 0.0283. The number of carboxylic acid groups (broad SMARTS) is 1. The van der Waals surface area contributed by atoms with Gasteiger partial charge in [0.1, 0.15) is 5.82 Å². The highest BCUT2D eigenvalue weighted by atomic mass is 32.2. The molecule has 1 unspecified atom stereocenters. The molecule has 1 atom stereocenters. The Hall–Kier alpha value is -2.52. The van der Waals surface area contributed by atoms with Crippen molar-refractivity contribution in [2.24, 2.45) is 0 Å². The van der Waals surface area contributed by atoms with Crippen LogP contribution in [0.15, 0.2) is 47.4 Å². The fourth-order valence-corrected chi connectivity index (χ4v) is 2.96. The van der Waals surface area contributed by atoms with E-state index in [0.717, 1.165) is 12.1 Å². The molecule has 0 heterocycles.